The van der Waals surface area contributed by atoms with Crippen LogP contribution in [-0.4, -0.2) is 29.4 Å². The van der Waals surface area contributed by atoms with Crippen molar-refractivity contribution >= 4 is 24.4 Å². The number of nitrogens with zero attached hydrogens (tertiary/aromatic N) is 2. The minimum atomic E-state index is -0.468. The van der Waals surface area contributed by atoms with Crippen LogP contribution in [0.25, 0.3) is 0 Å². The first-order chi connectivity index (χ1) is 5.59. The Balaban J connectivity index is 4.23. The second-order valence-electron chi connectivity index (χ2n) is 1.78. The van der Waals surface area contributed by atoms with Crippen LogP contribution in [0.15, 0.2) is 5.10 Å². The summed E-state index contributed by atoms with van der Waals surface area (Å²) in [5, 5.41) is 18.0. The van der Waals surface area contributed by atoms with E-state index >= 15 is 0 Å². The first-order valence-electron chi connectivity index (χ1n) is 3.03. The number of guanidine groups is 2. The molecule has 0 heterocycles. The summed E-state index contributed by atoms with van der Waals surface area (Å²) in [5.74, 6) is -0.936. The molecule has 0 amide bonds. The Kier molecular flexibility index (Phi) is 4.06. The Bertz CT molecular complexity index is 208. The molecule has 0 aromatic rings. The Morgan fingerprint density at radius 3 is 2.25 bits per heavy atom. The summed E-state index contributed by atoms with van der Waals surface area (Å²) in [6, 6.07) is 0. The Morgan fingerprint density at radius 2 is 1.92 bits per heavy atom. The molecule has 0 unspecified atom stereocenters. The minimum absolute atomic E-state index is 0.0943. The molecule has 0 atom stereocenters. The van der Waals surface area contributed by atoms with E-state index in [2.05, 4.69) is 5.10 Å². The molecule has 0 fully saturated rings. The predicted octanol–water partition coefficient (Wildman–Crippen LogP) is -1.35. The van der Waals surface area contributed by atoms with Crippen molar-refractivity contribution in [1.29, 1.82) is 10.8 Å². The van der Waals surface area contributed by atoms with Gasteiger partial charge in [0.15, 0.2) is 0 Å². The second-order valence-corrected chi connectivity index (χ2v) is 1.78. The van der Waals surface area contributed by atoms with Gasteiger partial charge in [-0.15, -0.1) is 0 Å². The molecule has 0 aliphatic rings. The van der Waals surface area contributed by atoms with Crippen molar-refractivity contribution in [3.8, 4) is 0 Å². The van der Waals surface area contributed by atoms with E-state index in [1.54, 1.807) is 0 Å². The molecule has 0 aliphatic carbocycles. The van der Waals surface area contributed by atoms with Gasteiger partial charge in [0.05, 0.1) is 0 Å². The molecule has 0 saturated heterocycles. The molecule has 0 aromatic carbocycles. The van der Waals surface area contributed by atoms with E-state index in [9.17, 15) is 4.79 Å². The smallest absolute Gasteiger partial charge is 0.216 e. The first-order valence-corrected chi connectivity index (χ1v) is 3.03. The molecule has 0 bridgehead atoms. The lowest BCUT2D eigenvalue weighted by Crippen LogP contribution is -2.41. The number of aldehydes is 1. The van der Waals surface area contributed by atoms with E-state index in [1.165, 1.54) is 6.21 Å². The third kappa shape index (κ3) is 3.30. The highest BCUT2D eigenvalue weighted by Gasteiger charge is 2.05. The topological polar surface area (TPSA) is 132 Å². The second kappa shape index (κ2) is 4.83. The van der Waals surface area contributed by atoms with Gasteiger partial charge in [-0.2, -0.15) is 10.1 Å². The lowest BCUT2D eigenvalue weighted by atomic mass is 10.5. The third-order valence-corrected chi connectivity index (χ3v) is 0.855. The van der Waals surface area contributed by atoms with Crippen LogP contribution in [0, 0.1) is 10.8 Å². The summed E-state index contributed by atoms with van der Waals surface area (Å²) in [7, 11) is 0. The van der Waals surface area contributed by atoms with Gasteiger partial charge in [0, 0.05) is 12.6 Å². The molecule has 0 rings (SSSR count). The van der Waals surface area contributed by atoms with Crippen LogP contribution < -0.4 is 11.5 Å². The van der Waals surface area contributed by atoms with Gasteiger partial charge in [-0.25, -0.2) is 0 Å². The molecule has 66 valence electrons. The van der Waals surface area contributed by atoms with Gasteiger partial charge in [0.2, 0.25) is 11.9 Å². The lowest BCUT2D eigenvalue weighted by Gasteiger charge is -2.12. The van der Waals surface area contributed by atoms with Crippen molar-refractivity contribution in [3.05, 3.63) is 0 Å². The summed E-state index contributed by atoms with van der Waals surface area (Å²) in [4.78, 5) is 9.85. The van der Waals surface area contributed by atoms with Crippen LogP contribution in [0.5, 0.6) is 0 Å². The monoisotopic (exact) mass is 170 g/mol. The molecular formula is C5H10N6O. The molecule has 7 heteroatoms. The highest BCUT2D eigenvalue weighted by molar-refractivity contribution is 5.94. The summed E-state index contributed by atoms with van der Waals surface area (Å²) in [6.45, 7) is 0. The fraction of sp³-hybridized carbons (Fsp3) is 0.200. The highest BCUT2D eigenvalue weighted by Crippen LogP contribution is 1.84. The zero-order valence-electron chi connectivity index (χ0n) is 6.32. The van der Waals surface area contributed by atoms with E-state index in [0.717, 1.165) is 0 Å². The van der Waals surface area contributed by atoms with Crippen molar-refractivity contribution in [2.45, 2.75) is 6.42 Å². The molecule has 6 N–H and O–H groups in total. The summed E-state index contributed by atoms with van der Waals surface area (Å²) in [6.07, 6.45) is 1.93. The highest BCUT2D eigenvalue weighted by atomic mass is 16.1. The van der Waals surface area contributed by atoms with E-state index < -0.39 is 11.9 Å². The summed E-state index contributed by atoms with van der Waals surface area (Å²) in [5.41, 5.74) is 10.0. The molecule has 7 nitrogen and oxygen atoms in total. The van der Waals surface area contributed by atoms with Crippen LogP contribution in [-0.2, 0) is 4.79 Å². The van der Waals surface area contributed by atoms with Crippen molar-refractivity contribution < 1.29 is 4.79 Å². The quantitative estimate of drug-likeness (QED) is 0.180. The molecule has 0 saturated carbocycles. The largest absolute Gasteiger partial charge is 0.368 e. The fourth-order valence-electron chi connectivity index (χ4n) is 0.426. The molecule has 0 spiro atoms. The maximum Gasteiger partial charge on any atom is 0.216 e. The van der Waals surface area contributed by atoms with Crippen molar-refractivity contribution in [3.63, 3.8) is 0 Å². The lowest BCUT2D eigenvalue weighted by molar-refractivity contribution is -0.106. The summed E-state index contributed by atoms with van der Waals surface area (Å²) < 4.78 is 0. The van der Waals surface area contributed by atoms with Crippen LogP contribution in [0.2, 0.25) is 0 Å². The van der Waals surface area contributed by atoms with Crippen LogP contribution in [0.1, 0.15) is 6.42 Å². The molecular weight excluding hydrogens is 160 g/mol. The normalized spacial score (nSPS) is 9.67. The number of hydrogen-bond acceptors (Lipinski definition) is 4. The van der Waals surface area contributed by atoms with Gasteiger partial charge in [-0.1, -0.05) is 0 Å². The van der Waals surface area contributed by atoms with Gasteiger partial charge >= 0.3 is 0 Å². The number of nitrogens with two attached hydrogens (primary N) is 2. The summed E-state index contributed by atoms with van der Waals surface area (Å²) >= 11 is 0. The number of nitrogens with one attached hydrogen (secondary N) is 2. The van der Waals surface area contributed by atoms with Crippen molar-refractivity contribution in [2.24, 2.45) is 16.6 Å². The standard InChI is InChI=1S/C5H10N6O/c6-4(7)11(5(8)9)10-2-1-3-12/h2-3H,1H2,(H3,6,7)(H3,8,9)/b10-2+. The first kappa shape index (κ1) is 10.1. The Morgan fingerprint density at radius 1 is 1.42 bits per heavy atom. The van der Waals surface area contributed by atoms with E-state index in [4.69, 9.17) is 22.3 Å². The maximum atomic E-state index is 9.85. The van der Waals surface area contributed by atoms with Crippen LogP contribution in [0.3, 0.4) is 0 Å². The van der Waals surface area contributed by atoms with Gasteiger partial charge in [-0.3, -0.25) is 10.8 Å². The van der Waals surface area contributed by atoms with E-state index in [1.807, 2.05) is 0 Å². The average molecular weight is 170 g/mol. The van der Waals surface area contributed by atoms with Gasteiger partial charge < -0.3 is 16.3 Å². The SMILES string of the molecule is N=C(N)N(/N=C/CC=O)C(=N)N. The fourth-order valence-corrected chi connectivity index (χ4v) is 0.426. The molecule has 0 radical (unpaired) electrons. The van der Waals surface area contributed by atoms with Gasteiger partial charge in [0.25, 0.3) is 0 Å². The van der Waals surface area contributed by atoms with Crippen molar-refractivity contribution in [2.75, 3.05) is 0 Å². The molecule has 0 aliphatic heterocycles. The number of hydrazone groups is 1. The molecule has 0 aromatic heterocycles. The average Bonchev–Trinajstić information content (AvgIpc) is 1.96. The van der Waals surface area contributed by atoms with Gasteiger partial charge in [0.1, 0.15) is 6.29 Å². The molecule has 12 heavy (non-hydrogen) atoms. The zero-order valence-corrected chi connectivity index (χ0v) is 6.32. The zero-order chi connectivity index (χ0) is 9.56. The number of carbonyl (C=O) groups excluding carboxylic acids is 1. The minimum Gasteiger partial charge on any atom is -0.368 e. The predicted molar refractivity (Wildman–Crippen MR) is 44.8 cm³/mol. The Labute approximate surface area is 69.0 Å². The number of hydrogen-bond donors (Lipinski definition) is 4. The number of rotatable bonds is 3. The van der Waals surface area contributed by atoms with Gasteiger partial charge in [-0.05, 0) is 0 Å². The third-order valence-electron chi connectivity index (χ3n) is 0.855. The van der Waals surface area contributed by atoms with Crippen LogP contribution >= 0.6 is 0 Å². The van der Waals surface area contributed by atoms with E-state index in [0.29, 0.717) is 11.3 Å². The van der Waals surface area contributed by atoms with Crippen LogP contribution in [0.4, 0.5) is 0 Å². The number of carbonyl (C=O) groups is 1. The maximum absolute atomic E-state index is 9.85. The van der Waals surface area contributed by atoms with E-state index in [-0.39, 0.29) is 6.42 Å². The van der Waals surface area contributed by atoms with Crippen molar-refractivity contribution in [1.82, 2.24) is 5.01 Å². The Hall–Kier alpha value is -1.92.